The Balaban J connectivity index is 1.82. The highest BCUT2D eigenvalue weighted by atomic mass is 127. The smallest absolute Gasteiger partial charge is 0.0991 e. The first-order valence-electron chi connectivity index (χ1n) is 7.82. The summed E-state index contributed by atoms with van der Waals surface area (Å²) in [6.45, 7) is 3.05. The lowest BCUT2D eigenvalue weighted by Gasteiger charge is -2.45. The number of hydrogen-bond donors (Lipinski definition) is 1. The Morgan fingerprint density at radius 1 is 1.26 bits per heavy atom. The highest BCUT2D eigenvalue weighted by molar-refractivity contribution is 14.1. The van der Waals surface area contributed by atoms with Gasteiger partial charge in [0, 0.05) is 27.3 Å². The standard InChI is InChI=1S/C19H17IN2O/c1-19(13-4-2-12(11-21)3-5-13)16-8-9-23-18(16)15-10-14(20)6-7-17(15)22-19/h2-7,10,16,18,22H,8-9H2,1H3/t16-,18-,19+/m0/s1. The summed E-state index contributed by atoms with van der Waals surface area (Å²) in [6, 6.07) is 16.6. The van der Waals surface area contributed by atoms with Crippen LogP contribution in [0, 0.1) is 20.8 Å². The molecule has 3 nitrogen and oxygen atoms in total. The molecule has 0 bridgehead atoms. The number of ether oxygens (including phenoxy) is 1. The maximum atomic E-state index is 9.02. The fourth-order valence-corrected chi connectivity index (χ4v) is 4.44. The minimum atomic E-state index is -0.186. The van der Waals surface area contributed by atoms with E-state index in [4.69, 9.17) is 10.00 Å². The molecular weight excluding hydrogens is 399 g/mol. The van der Waals surface area contributed by atoms with Gasteiger partial charge >= 0.3 is 0 Å². The third kappa shape index (κ3) is 2.34. The topological polar surface area (TPSA) is 45.0 Å². The Kier molecular flexibility index (Phi) is 3.58. The number of nitrogens with zero attached hydrogens (tertiary/aromatic N) is 1. The molecule has 4 heteroatoms. The van der Waals surface area contributed by atoms with Crippen LogP contribution in [-0.2, 0) is 10.3 Å². The zero-order valence-electron chi connectivity index (χ0n) is 12.8. The number of nitrogens with one attached hydrogen (secondary N) is 1. The molecule has 0 amide bonds. The van der Waals surface area contributed by atoms with E-state index in [2.05, 4.69) is 71.2 Å². The molecule has 0 saturated carbocycles. The average Bonchev–Trinajstić information content (AvgIpc) is 3.07. The first-order chi connectivity index (χ1) is 11.1. The van der Waals surface area contributed by atoms with Crippen molar-refractivity contribution in [3.05, 3.63) is 62.7 Å². The molecule has 1 fully saturated rings. The lowest BCUT2D eigenvalue weighted by molar-refractivity contribution is 0.0685. The Hall–Kier alpha value is -1.58. The van der Waals surface area contributed by atoms with Gasteiger partial charge in [0.15, 0.2) is 0 Å². The summed E-state index contributed by atoms with van der Waals surface area (Å²) in [4.78, 5) is 0. The molecule has 2 aliphatic heterocycles. The van der Waals surface area contributed by atoms with Crippen LogP contribution < -0.4 is 5.32 Å². The van der Waals surface area contributed by atoms with E-state index in [9.17, 15) is 0 Å². The zero-order valence-corrected chi connectivity index (χ0v) is 15.0. The van der Waals surface area contributed by atoms with Gasteiger partial charge in [0.05, 0.1) is 23.3 Å². The third-order valence-corrected chi connectivity index (χ3v) is 5.83. The average molecular weight is 416 g/mol. The van der Waals surface area contributed by atoms with Crippen molar-refractivity contribution in [2.45, 2.75) is 25.0 Å². The van der Waals surface area contributed by atoms with E-state index < -0.39 is 0 Å². The predicted molar refractivity (Wildman–Crippen MR) is 98.1 cm³/mol. The number of rotatable bonds is 1. The predicted octanol–water partition coefficient (Wildman–Crippen LogP) is 4.58. The summed E-state index contributed by atoms with van der Waals surface area (Å²) in [5.41, 5.74) is 4.14. The molecule has 1 saturated heterocycles. The number of benzene rings is 2. The monoisotopic (exact) mass is 416 g/mol. The van der Waals surface area contributed by atoms with Crippen LogP contribution in [0.25, 0.3) is 0 Å². The van der Waals surface area contributed by atoms with Gasteiger partial charge in [-0.1, -0.05) is 12.1 Å². The number of fused-ring (bicyclic) bond motifs is 3. The first kappa shape index (κ1) is 15.0. The van der Waals surface area contributed by atoms with Crippen molar-refractivity contribution >= 4 is 28.3 Å². The summed E-state index contributed by atoms with van der Waals surface area (Å²) < 4.78 is 7.34. The van der Waals surface area contributed by atoms with Crippen molar-refractivity contribution in [2.24, 2.45) is 5.92 Å². The summed E-state index contributed by atoms with van der Waals surface area (Å²) >= 11 is 2.35. The number of hydrogen-bond acceptors (Lipinski definition) is 3. The Morgan fingerprint density at radius 2 is 2.04 bits per heavy atom. The van der Waals surface area contributed by atoms with E-state index in [1.807, 2.05) is 12.1 Å². The maximum absolute atomic E-state index is 9.02. The molecular formula is C19H17IN2O. The molecule has 0 aromatic heterocycles. The molecule has 0 unspecified atom stereocenters. The Labute approximate surface area is 149 Å². The lowest BCUT2D eigenvalue weighted by atomic mass is 9.71. The van der Waals surface area contributed by atoms with Crippen molar-refractivity contribution in [3.8, 4) is 6.07 Å². The van der Waals surface area contributed by atoms with Gasteiger partial charge in [0.2, 0.25) is 0 Å². The van der Waals surface area contributed by atoms with Crippen LogP contribution in [0.2, 0.25) is 0 Å². The van der Waals surface area contributed by atoms with Gasteiger partial charge in [0.25, 0.3) is 0 Å². The molecule has 1 N–H and O–H groups in total. The molecule has 23 heavy (non-hydrogen) atoms. The summed E-state index contributed by atoms with van der Waals surface area (Å²) in [5, 5.41) is 12.8. The fraction of sp³-hybridized carbons (Fsp3) is 0.316. The molecule has 2 aliphatic rings. The highest BCUT2D eigenvalue weighted by Gasteiger charge is 2.48. The van der Waals surface area contributed by atoms with Crippen molar-refractivity contribution < 1.29 is 4.74 Å². The van der Waals surface area contributed by atoms with Crippen molar-refractivity contribution in [1.29, 1.82) is 5.26 Å². The fourth-order valence-electron chi connectivity index (χ4n) is 3.92. The van der Waals surface area contributed by atoms with E-state index in [0.29, 0.717) is 11.5 Å². The van der Waals surface area contributed by atoms with E-state index in [0.717, 1.165) is 18.7 Å². The molecule has 0 spiro atoms. The largest absolute Gasteiger partial charge is 0.375 e. The molecule has 2 heterocycles. The van der Waals surface area contributed by atoms with E-state index >= 15 is 0 Å². The van der Waals surface area contributed by atoms with Crippen LogP contribution in [0.5, 0.6) is 0 Å². The van der Waals surface area contributed by atoms with E-state index in [1.54, 1.807) is 0 Å². The Morgan fingerprint density at radius 3 is 2.78 bits per heavy atom. The number of anilines is 1. The molecule has 2 aromatic rings. The van der Waals surface area contributed by atoms with Crippen LogP contribution in [0.15, 0.2) is 42.5 Å². The molecule has 0 aliphatic carbocycles. The minimum absolute atomic E-state index is 0.140. The van der Waals surface area contributed by atoms with Gasteiger partial charge < -0.3 is 10.1 Å². The SMILES string of the molecule is C[C@]1(c2ccc(C#N)cc2)Nc2ccc(I)cc2[C@@H]2OCC[C@@H]21. The van der Waals surface area contributed by atoms with Gasteiger partial charge in [0.1, 0.15) is 0 Å². The first-order valence-corrected chi connectivity index (χ1v) is 8.89. The van der Waals surface area contributed by atoms with Crippen LogP contribution >= 0.6 is 22.6 Å². The van der Waals surface area contributed by atoms with Gasteiger partial charge in [-0.05, 0) is 71.8 Å². The third-order valence-electron chi connectivity index (χ3n) is 5.16. The van der Waals surface area contributed by atoms with Crippen LogP contribution in [-0.4, -0.2) is 6.61 Å². The van der Waals surface area contributed by atoms with Crippen molar-refractivity contribution in [2.75, 3.05) is 11.9 Å². The lowest BCUT2D eigenvalue weighted by Crippen LogP contribution is -2.44. The summed E-state index contributed by atoms with van der Waals surface area (Å²) in [5.74, 6) is 0.390. The van der Waals surface area contributed by atoms with Gasteiger partial charge in [-0.15, -0.1) is 0 Å². The van der Waals surface area contributed by atoms with Crippen LogP contribution in [0.1, 0.15) is 36.1 Å². The minimum Gasteiger partial charge on any atom is -0.375 e. The molecule has 0 radical (unpaired) electrons. The van der Waals surface area contributed by atoms with Crippen LogP contribution in [0.3, 0.4) is 0 Å². The number of halogens is 1. The molecule has 4 rings (SSSR count). The number of nitriles is 1. The Bertz CT molecular complexity index is 796. The van der Waals surface area contributed by atoms with Gasteiger partial charge in [-0.3, -0.25) is 0 Å². The summed E-state index contributed by atoms with van der Waals surface area (Å²) in [7, 11) is 0. The summed E-state index contributed by atoms with van der Waals surface area (Å²) in [6.07, 6.45) is 1.18. The van der Waals surface area contributed by atoms with Gasteiger partial charge in [-0.2, -0.15) is 5.26 Å². The van der Waals surface area contributed by atoms with Crippen molar-refractivity contribution in [3.63, 3.8) is 0 Å². The maximum Gasteiger partial charge on any atom is 0.0991 e. The molecule has 116 valence electrons. The van der Waals surface area contributed by atoms with Gasteiger partial charge in [-0.25, -0.2) is 0 Å². The second-order valence-electron chi connectivity index (χ2n) is 6.43. The molecule has 3 atom stereocenters. The zero-order chi connectivity index (χ0) is 16.0. The second kappa shape index (κ2) is 5.50. The quantitative estimate of drug-likeness (QED) is 0.693. The van der Waals surface area contributed by atoms with Crippen molar-refractivity contribution in [1.82, 2.24) is 0 Å². The highest BCUT2D eigenvalue weighted by Crippen LogP contribution is 2.53. The van der Waals surface area contributed by atoms with E-state index in [-0.39, 0.29) is 11.6 Å². The van der Waals surface area contributed by atoms with Crippen LogP contribution in [0.4, 0.5) is 5.69 Å². The van der Waals surface area contributed by atoms with E-state index in [1.165, 1.54) is 14.7 Å². The normalized spacial score (nSPS) is 28.4. The second-order valence-corrected chi connectivity index (χ2v) is 7.68. The molecule has 2 aromatic carbocycles.